The summed E-state index contributed by atoms with van der Waals surface area (Å²) < 4.78 is 4.86. The summed E-state index contributed by atoms with van der Waals surface area (Å²) in [5.41, 5.74) is 0.809. The fraction of sp³-hybridized carbons (Fsp3) is 0.438. The third kappa shape index (κ3) is 4.58. The van der Waals surface area contributed by atoms with Crippen molar-refractivity contribution >= 4 is 23.5 Å². The van der Waals surface area contributed by atoms with Crippen LogP contribution in [0.1, 0.15) is 37.0 Å². The zero-order valence-electron chi connectivity index (χ0n) is 12.7. The fourth-order valence-corrected chi connectivity index (χ4v) is 1.77. The second-order valence-corrected chi connectivity index (χ2v) is 5.60. The number of carbonyl (C=O) groups is 3. The van der Waals surface area contributed by atoms with Crippen LogP contribution in [0, 0.1) is 5.92 Å². The Labute approximate surface area is 129 Å². The average Bonchev–Trinajstić information content (AvgIpc) is 3.29. The van der Waals surface area contributed by atoms with Crippen LogP contribution < -0.4 is 10.6 Å². The van der Waals surface area contributed by atoms with Crippen LogP contribution in [-0.4, -0.2) is 30.4 Å². The van der Waals surface area contributed by atoms with Crippen LogP contribution >= 0.6 is 0 Å². The van der Waals surface area contributed by atoms with E-state index >= 15 is 0 Å². The van der Waals surface area contributed by atoms with Crippen LogP contribution in [0.25, 0.3) is 0 Å². The number of ether oxygens (including phenoxy) is 1. The van der Waals surface area contributed by atoms with E-state index in [1.54, 1.807) is 38.1 Å². The number of rotatable bonds is 6. The number of hydrogen-bond donors (Lipinski definition) is 2. The molecule has 0 aliphatic heterocycles. The first-order valence-electron chi connectivity index (χ1n) is 7.33. The lowest BCUT2D eigenvalue weighted by atomic mass is 10.1. The van der Waals surface area contributed by atoms with Crippen LogP contribution in [0.4, 0.5) is 5.69 Å². The molecule has 6 heteroatoms. The molecule has 1 aliphatic rings. The molecule has 0 saturated heterocycles. The lowest BCUT2D eigenvalue weighted by molar-refractivity contribution is -0.150. The summed E-state index contributed by atoms with van der Waals surface area (Å²) in [6, 6.07) is 6.99. The quantitative estimate of drug-likeness (QED) is 0.784. The second kappa shape index (κ2) is 7.06. The minimum Gasteiger partial charge on any atom is -0.455 e. The normalized spacial score (nSPS) is 13.6. The predicted octanol–water partition coefficient (Wildman–Crippen LogP) is 1.72. The van der Waals surface area contributed by atoms with E-state index in [1.807, 2.05) is 0 Å². The van der Waals surface area contributed by atoms with E-state index in [4.69, 9.17) is 4.74 Å². The molecule has 1 fully saturated rings. The highest BCUT2D eigenvalue weighted by Gasteiger charge is 2.25. The van der Waals surface area contributed by atoms with E-state index in [2.05, 4.69) is 10.6 Å². The van der Waals surface area contributed by atoms with Gasteiger partial charge < -0.3 is 15.4 Å². The molecule has 0 aromatic heterocycles. The van der Waals surface area contributed by atoms with Crippen LogP contribution in [0.5, 0.6) is 0 Å². The van der Waals surface area contributed by atoms with Gasteiger partial charge in [0.2, 0.25) is 0 Å². The van der Waals surface area contributed by atoms with E-state index in [0.717, 1.165) is 12.8 Å². The molecule has 1 aliphatic carbocycles. The Morgan fingerprint density at radius 3 is 2.55 bits per heavy atom. The number of para-hydroxylation sites is 1. The van der Waals surface area contributed by atoms with Gasteiger partial charge in [-0.15, -0.1) is 0 Å². The summed E-state index contributed by atoms with van der Waals surface area (Å²) in [7, 11) is 0. The Bertz CT molecular complexity index is 579. The maximum Gasteiger partial charge on any atom is 0.308 e. The fourth-order valence-electron chi connectivity index (χ4n) is 1.77. The molecule has 2 rings (SSSR count). The third-order valence-corrected chi connectivity index (χ3v) is 3.18. The van der Waals surface area contributed by atoms with Gasteiger partial charge in [0.15, 0.2) is 6.61 Å². The number of carbonyl (C=O) groups excluding carboxylic acids is 3. The number of anilines is 1. The zero-order chi connectivity index (χ0) is 16.1. The first-order valence-corrected chi connectivity index (χ1v) is 7.33. The largest absolute Gasteiger partial charge is 0.455 e. The van der Waals surface area contributed by atoms with E-state index in [9.17, 15) is 14.4 Å². The topological polar surface area (TPSA) is 84.5 Å². The van der Waals surface area contributed by atoms with Crippen LogP contribution in [0.2, 0.25) is 0 Å². The lowest BCUT2D eigenvalue weighted by Crippen LogP contribution is -2.28. The summed E-state index contributed by atoms with van der Waals surface area (Å²) in [6.07, 6.45) is 1.98. The van der Waals surface area contributed by atoms with Crippen molar-refractivity contribution in [2.45, 2.75) is 32.7 Å². The molecule has 2 N–H and O–H groups in total. The lowest BCUT2D eigenvalue weighted by Gasteiger charge is -2.12. The Kier molecular flexibility index (Phi) is 5.14. The van der Waals surface area contributed by atoms with Crippen molar-refractivity contribution < 1.29 is 19.1 Å². The molecule has 0 bridgehead atoms. The van der Waals surface area contributed by atoms with Gasteiger partial charge in [0, 0.05) is 6.04 Å². The van der Waals surface area contributed by atoms with Gasteiger partial charge in [-0.25, -0.2) is 0 Å². The summed E-state index contributed by atoms with van der Waals surface area (Å²) in [4.78, 5) is 35.3. The van der Waals surface area contributed by atoms with Gasteiger partial charge in [-0.2, -0.15) is 0 Å². The van der Waals surface area contributed by atoms with Crippen molar-refractivity contribution in [1.82, 2.24) is 5.32 Å². The molecule has 0 heterocycles. The molecule has 6 nitrogen and oxygen atoms in total. The molecule has 118 valence electrons. The molecule has 2 amide bonds. The molecular formula is C16H20N2O4. The molecule has 0 unspecified atom stereocenters. The molecule has 1 aromatic rings. The van der Waals surface area contributed by atoms with E-state index in [0.29, 0.717) is 11.3 Å². The van der Waals surface area contributed by atoms with Crippen molar-refractivity contribution in [3.8, 4) is 0 Å². The van der Waals surface area contributed by atoms with Gasteiger partial charge in [0.25, 0.3) is 11.8 Å². The van der Waals surface area contributed by atoms with Gasteiger partial charge >= 0.3 is 5.97 Å². The number of hydrogen-bond acceptors (Lipinski definition) is 4. The standard InChI is InChI=1S/C16H20N2O4/c1-10(2)16(21)22-9-14(19)18-13-6-4-3-5-12(13)15(20)17-11-7-8-11/h3-6,10-11H,7-9H2,1-2H3,(H,17,20)(H,18,19). The summed E-state index contributed by atoms with van der Waals surface area (Å²) >= 11 is 0. The smallest absolute Gasteiger partial charge is 0.308 e. The molecule has 1 aromatic carbocycles. The number of benzene rings is 1. The predicted molar refractivity (Wildman–Crippen MR) is 81.4 cm³/mol. The third-order valence-electron chi connectivity index (χ3n) is 3.18. The van der Waals surface area contributed by atoms with Crippen molar-refractivity contribution in [3.05, 3.63) is 29.8 Å². The molecule has 22 heavy (non-hydrogen) atoms. The first-order chi connectivity index (χ1) is 10.5. The minimum atomic E-state index is -0.472. The van der Waals surface area contributed by atoms with Crippen molar-refractivity contribution in [3.63, 3.8) is 0 Å². The zero-order valence-corrected chi connectivity index (χ0v) is 12.7. The first kappa shape index (κ1) is 16.0. The minimum absolute atomic E-state index is 0.211. The monoisotopic (exact) mass is 304 g/mol. The summed E-state index contributed by atoms with van der Waals surface area (Å²) in [5.74, 6) is -1.41. The second-order valence-electron chi connectivity index (χ2n) is 5.60. The molecule has 1 saturated carbocycles. The van der Waals surface area contributed by atoms with E-state index in [1.165, 1.54) is 0 Å². The Morgan fingerprint density at radius 1 is 1.23 bits per heavy atom. The Morgan fingerprint density at radius 2 is 1.91 bits per heavy atom. The van der Waals surface area contributed by atoms with Gasteiger partial charge in [-0.1, -0.05) is 26.0 Å². The Balaban J connectivity index is 1.95. The van der Waals surface area contributed by atoms with Crippen molar-refractivity contribution in [2.75, 3.05) is 11.9 Å². The van der Waals surface area contributed by atoms with Crippen molar-refractivity contribution in [2.24, 2.45) is 5.92 Å². The molecule has 0 spiro atoms. The highest BCUT2D eigenvalue weighted by Crippen LogP contribution is 2.21. The summed E-state index contributed by atoms with van der Waals surface area (Å²) in [6.45, 7) is 3.02. The molecule has 0 radical (unpaired) electrons. The van der Waals surface area contributed by atoms with Crippen LogP contribution in [0.3, 0.4) is 0 Å². The number of amides is 2. The highest BCUT2D eigenvalue weighted by atomic mass is 16.5. The van der Waals surface area contributed by atoms with E-state index < -0.39 is 11.9 Å². The molecule has 0 atom stereocenters. The highest BCUT2D eigenvalue weighted by molar-refractivity contribution is 6.04. The SMILES string of the molecule is CC(C)C(=O)OCC(=O)Nc1ccccc1C(=O)NC1CC1. The number of nitrogens with one attached hydrogen (secondary N) is 2. The maximum atomic E-state index is 12.1. The van der Waals surface area contributed by atoms with E-state index in [-0.39, 0.29) is 24.5 Å². The van der Waals surface area contributed by atoms with Crippen LogP contribution in [0.15, 0.2) is 24.3 Å². The van der Waals surface area contributed by atoms with Gasteiger partial charge in [0.1, 0.15) is 0 Å². The number of esters is 1. The van der Waals surface area contributed by atoms with Gasteiger partial charge in [0.05, 0.1) is 17.2 Å². The maximum absolute atomic E-state index is 12.1. The van der Waals surface area contributed by atoms with Gasteiger partial charge in [-0.3, -0.25) is 14.4 Å². The molecular weight excluding hydrogens is 284 g/mol. The van der Waals surface area contributed by atoms with Gasteiger partial charge in [-0.05, 0) is 25.0 Å². The van der Waals surface area contributed by atoms with Crippen molar-refractivity contribution in [1.29, 1.82) is 0 Å². The summed E-state index contributed by atoms with van der Waals surface area (Å²) in [5, 5.41) is 5.48. The Hall–Kier alpha value is -2.37. The van der Waals surface area contributed by atoms with Crippen LogP contribution in [-0.2, 0) is 14.3 Å². The average molecular weight is 304 g/mol.